The van der Waals surface area contributed by atoms with E-state index in [4.69, 9.17) is 11.6 Å². The van der Waals surface area contributed by atoms with E-state index in [0.717, 1.165) is 34.9 Å². The Balaban J connectivity index is 1.44. The van der Waals surface area contributed by atoms with Crippen LogP contribution in [0, 0.1) is 0 Å². The highest BCUT2D eigenvalue weighted by Gasteiger charge is 2.39. The van der Waals surface area contributed by atoms with E-state index in [1.807, 2.05) is 4.90 Å². The van der Waals surface area contributed by atoms with Gasteiger partial charge in [0.15, 0.2) is 17.8 Å². The van der Waals surface area contributed by atoms with Gasteiger partial charge in [-0.05, 0) is 49.2 Å². The molecular weight excluding hydrogens is 575 g/mol. The second-order valence-corrected chi connectivity index (χ2v) is 10.6. The van der Waals surface area contributed by atoms with Gasteiger partial charge in [0.05, 0.1) is 17.8 Å². The first-order valence-corrected chi connectivity index (χ1v) is 14.0. The molecule has 1 amide bonds. The first-order chi connectivity index (χ1) is 20.1. The molecule has 0 aliphatic carbocycles. The van der Waals surface area contributed by atoms with Crippen molar-refractivity contribution < 1.29 is 23.1 Å². The second-order valence-electron chi connectivity index (χ2n) is 10.1. The van der Waals surface area contributed by atoms with Crippen molar-refractivity contribution in [1.82, 2.24) is 34.0 Å². The molecule has 42 heavy (non-hydrogen) atoms. The van der Waals surface area contributed by atoms with Crippen molar-refractivity contribution in [2.45, 2.75) is 57.5 Å². The van der Waals surface area contributed by atoms with Crippen molar-refractivity contribution in [2.75, 3.05) is 13.1 Å². The third-order valence-electron chi connectivity index (χ3n) is 7.11. The standard InChI is InChI=1S/C28H29ClF3N7O3/c29-20-12-10-19(11-13-20)25-35-38(27(42)37(25)16-23(40)28(30,31)32)17-24-33-18-39(34-24)22-9-5-4-8-21(22)26(41)36-14-6-2-1-3-7-15-36/h4-5,8-13,18,23,40H,1-3,6-7,14-17H2/t23-/m0/s1. The third-order valence-corrected chi connectivity index (χ3v) is 7.37. The van der Waals surface area contributed by atoms with E-state index in [9.17, 15) is 27.9 Å². The SMILES string of the molecule is O=C(c1ccccc1-n1cnc(Cn2nc(-c3ccc(Cl)cc3)n(C[C@H](O)C(F)(F)F)c2=O)n1)N1CCCCCCC1. The van der Waals surface area contributed by atoms with Crippen LogP contribution in [0.2, 0.25) is 5.02 Å². The van der Waals surface area contributed by atoms with Gasteiger partial charge < -0.3 is 10.0 Å². The normalized spacial score (nSPS) is 15.3. The maximum Gasteiger partial charge on any atom is 0.416 e. The number of rotatable bonds is 7. The van der Waals surface area contributed by atoms with E-state index < -0.39 is 24.5 Å². The van der Waals surface area contributed by atoms with Gasteiger partial charge in [0, 0.05) is 23.7 Å². The summed E-state index contributed by atoms with van der Waals surface area (Å²) >= 11 is 5.94. The molecule has 0 saturated carbocycles. The van der Waals surface area contributed by atoms with Crippen LogP contribution >= 0.6 is 11.6 Å². The summed E-state index contributed by atoms with van der Waals surface area (Å²) in [4.78, 5) is 32.8. The fraction of sp³-hybridized carbons (Fsp3) is 0.393. The number of nitrogens with zero attached hydrogens (tertiary/aromatic N) is 7. The molecule has 0 unspecified atom stereocenters. The second kappa shape index (κ2) is 12.5. The zero-order chi connectivity index (χ0) is 29.9. The van der Waals surface area contributed by atoms with E-state index in [2.05, 4.69) is 15.2 Å². The number of aliphatic hydroxyl groups is 1. The molecule has 2 aromatic carbocycles. The lowest BCUT2D eigenvalue weighted by Gasteiger charge is -2.25. The molecule has 1 saturated heterocycles. The van der Waals surface area contributed by atoms with Crippen molar-refractivity contribution in [3.63, 3.8) is 0 Å². The molecule has 1 fully saturated rings. The zero-order valence-electron chi connectivity index (χ0n) is 22.5. The van der Waals surface area contributed by atoms with Crippen LogP contribution < -0.4 is 5.69 Å². The average Bonchev–Trinajstić information content (AvgIpc) is 3.53. The molecule has 3 heterocycles. The predicted molar refractivity (Wildman–Crippen MR) is 148 cm³/mol. The highest BCUT2D eigenvalue weighted by Crippen LogP contribution is 2.24. The molecule has 0 bridgehead atoms. The minimum atomic E-state index is -4.93. The average molecular weight is 604 g/mol. The lowest BCUT2D eigenvalue weighted by Crippen LogP contribution is -2.37. The van der Waals surface area contributed by atoms with Gasteiger partial charge in [-0.1, -0.05) is 43.0 Å². The van der Waals surface area contributed by atoms with E-state index in [1.54, 1.807) is 24.3 Å². The zero-order valence-corrected chi connectivity index (χ0v) is 23.3. The molecule has 0 radical (unpaired) electrons. The molecule has 5 rings (SSSR count). The summed E-state index contributed by atoms with van der Waals surface area (Å²) < 4.78 is 42.6. The minimum Gasteiger partial charge on any atom is -0.382 e. The lowest BCUT2D eigenvalue weighted by molar-refractivity contribution is -0.207. The molecule has 1 aliphatic heterocycles. The van der Waals surface area contributed by atoms with Crippen LogP contribution in [0.15, 0.2) is 59.7 Å². The Morgan fingerprint density at radius 3 is 2.33 bits per heavy atom. The Morgan fingerprint density at radius 1 is 0.976 bits per heavy atom. The number of carbonyl (C=O) groups is 1. The Morgan fingerprint density at radius 2 is 1.64 bits per heavy atom. The van der Waals surface area contributed by atoms with Crippen LogP contribution in [0.25, 0.3) is 17.1 Å². The Kier molecular flexibility index (Phi) is 8.78. The Hall–Kier alpha value is -3.97. The number of alkyl halides is 3. The number of amides is 1. The first-order valence-electron chi connectivity index (χ1n) is 13.6. The summed E-state index contributed by atoms with van der Waals surface area (Å²) in [6.07, 6.45) is -1.07. The number of aliphatic hydroxyl groups excluding tert-OH is 1. The molecular formula is C28H29ClF3N7O3. The fourth-order valence-electron chi connectivity index (χ4n) is 4.89. The third kappa shape index (κ3) is 6.57. The number of halogens is 4. The van der Waals surface area contributed by atoms with Crippen LogP contribution in [0.3, 0.4) is 0 Å². The van der Waals surface area contributed by atoms with Crippen LogP contribution in [-0.4, -0.2) is 70.4 Å². The van der Waals surface area contributed by atoms with Crippen molar-refractivity contribution in [2.24, 2.45) is 0 Å². The molecule has 2 aromatic heterocycles. The first kappa shape index (κ1) is 29.5. The molecule has 222 valence electrons. The van der Waals surface area contributed by atoms with Crippen LogP contribution in [0.5, 0.6) is 0 Å². The maximum atomic E-state index is 13.5. The smallest absolute Gasteiger partial charge is 0.382 e. The van der Waals surface area contributed by atoms with E-state index in [0.29, 0.717) is 34.9 Å². The number of likely N-dealkylation sites (tertiary alicyclic amines) is 1. The highest BCUT2D eigenvalue weighted by atomic mass is 35.5. The van der Waals surface area contributed by atoms with Gasteiger partial charge in [-0.25, -0.2) is 19.1 Å². The molecule has 14 heteroatoms. The number of benzene rings is 2. The van der Waals surface area contributed by atoms with Gasteiger partial charge in [-0.2, -0.15) is 13.2 Å². The Labute approximate surface area is 244 Å². The summed E-state index contributed by atoms with van der Waals surface area (Å²) in [6.45, 7) is 0.0542. The fourth-order valence-corrected chi connectivity index (χ4v) is 5.02. The minimum absolute atomic E-state index is 0.0800. The lowest BCUT2D eigenvalue weighted by atomic mass is 10.1. The molecule has 0 spiro atoms. The van der Waals surface area contributed by atoms with E-state index >= 15 is 0 Å². The van der Waals surface area contributed by atoms with Gasteiger partial charge >= 0.3 is 11.9 Å². The summed E-state index contributed by atoms with van der Waals surface area (Å²) in [5.74, 6) is -0.0341. The number of carbonyl (C=O) groups excluding carboxylic acids is 1. The molecule has 1 N–H and O–H groups in total. The number of hydrogen-bond acceptors (Lipinski definition) is 6. The summed E-state index contributed by atoms with van der Waals surface area (Å²) in [5, 5.41) is 18.8. The molecule has 4 aromatic rings. The monoisotopic (exact) mass is 603 g/mol. The summed E-state index contributed by atoms with van der Waals surface area (Å²) in [5.41, 5.74) is 0.422. The van der Waals surface area contributed by atoms with Gasteiger partial charge in [0.2, 0.25) is 0 Å². The van der Waals surface area contributed by atoms with Crippen molar-refractivity contribution in [1.29, 1.82) is 0 Å². The van der Waals surface area contributed by atoms with Crippen LogP contribution in [0.4, 0.5) is 13.2 Å². The van der Waals surface area contributed by atoms with E-state index in [1.165, 1.54) is 41.7 Å². The summed E-state index contributed by atoms with van der Waals surface area (Å²) in [7, 11) is 0. The largest absolute Gasteiger partial charge is 0.416 e. The van der Waals surface area contributed by atoms with Gasteiger partial charge in [0.25, 0.3) is 5.91 Å². The quantitative estimate of drug-likeness (QED) is 0.337. The number of para-hydroxylation sites is 1. The van der Waals surface area contributed by atoms with Gasteiger partial charge in [-0.3, -0.25) is 9.36 Å². The number of hydrogen-bond donors (Lipinski definition) is 1. The number of aromatic nitrogens is 6. The topological polar surface area (TPSA) is 111 Å². The Bertz CT molecular complexity index is 1590. The summed E-state index contributed by atoms with van der Waals surface area (Å²) in [6, 6.07) is 13.1. The predicted octanol–water partition coefficient (Wildman–Crippen LogP) is 4.32. The molecule has 1 atom stereocenters. The maximum absolute atomic E-state index is 13.5. The van der Waals surface area contributed by atoms with Crippen LogP contribution in [-0.2, 0) is 13.1 Å². The van der Waals surface area contributed by atoms with Gasteiger partial charge in [0.1, 0.15) is 12.9 Å². The van der Waals surface area contributed by atoms with Crippen molar-refractivity contribution in [3.05, 3.63) is 81.8 Å². The molecule has 1 aliphatic rings. The van der Waals surface area contributed by atoms with Gasteiger partial charge in [-0.15, -0.1) is 10.2 Å². The van der Waals surface area contributed by atoms with E-state index in [-0.39, 0.29) is 24.1 Å². The molecule has 10 nitrogen and oxygen atoms in total. The van der Waals surface area contributed by atoms with Crippen molar-refractivity contribution in [3.8, 4) is 17.1 Å². The highest BCUT2D eigenvalue weighted by molar-refractivity contribution is 6.30. The van der Waals surface area contributed by atoms with Crippen LogP contribution in [0.1, 0.15) is 48.3 Å². The van der Waals surface area contributed by atoms with Crippen molar-refractivity contribution >= 4 is 17.5 Å².